The van der Waals surface area contributed by atoms with Crippen molar-refractivity contribution >= 4 is 11.8 Å². The zero-order valence-corrected chi connectivity index (χ0v) is 13.9. The van der Waals surface area contributed by atoms with Crippen molar-refractivity contribution in [2.75, 3.05) is 7.11 Å². The number of pyridine rings is 1. The molecule has 0 amide bonds. The molecule has 2 aromatic rings. The SMILES string of the molecule is COC1=C(c2ccnc(OC(F)F)c2)CC(Cn2cnc(CO)n2)C=N1. The zero-order chi connectivity index (χ0) is 18.5. The van der Waals surface area contributed by atoms with Gasteiger partial charge in [0.15, 0.2) is 5.82 Å². The maximum absolute atomic E-state index is 12.4. The lowest BCUT2D eigenvalue weighted by Gasteiger charge is -2.21. The Labute approximate surface area is 147 Å². The molecule has 1 aliphatic heterocycles. The minimum absolute atomic E-state index is 0.00947. The second-order valence-corrected chi connectivity index (χ2v) is 5.53. The molecule has 0 aliphatic carbocycles. The molecule has 0 saturated heterocycles. The number of hydrogen-bond acceptors (Lipinski definition) is 7. The molecule has 1 atom stereocenters. The van der Waals surface area contributed by atoms with Crippen LogP contribution in [0.3, 0.4) is 0 Å². The summed E-state index contributed by atoms with van der Waals surface area (Å²) in [6, 6.07) is 3.11. The topological polar surface area (TPSA) is 94.7 Å². The lowest BCUT2D eigenvalue weighted by Crippen LogP contribution is -2.17. The summed E-state index contributed by atoms with van der Waals surface area (Å²) in [6.45, 7) is -2.67. The molecule has 0 spiro atoms. The van der Waals surface area contributed by atoms with Crippen molar-refractivity contribution in [1.82, 2.24) is 19.7 Å². The highest BCUT2D eigenvalue weighted by molar-refractivity contribution is 5.77. The number of alkyl halides is 2. The van der Waals surface area contributed by atoms with Gasteiger partial charge in [0.2, 0.25) is 11.8 Å². The average Bonchev–Trinajstić information content (AvgIpc) is 3.09. The molecule has 1 N–H and O–H groups in total. The first-order chi connectivity index (χ1) is 12.6. The number of aliphatic imine (C=N–C) groups is 1. The van der Waals surface area contributed by atoms with Crippen LogP contribution in [-0.4, -0.2) is 44.8 Å². The highest BCUT2D eigenvalue weighted by atomic mass is 19.3. The van der Waals surface area contributed by atoms with Crippen molar-refractivity contribution in [2.45, 2.75) is 26.2 Å². The van der Waals surface area contributed by atoms with Crippen molar-refractivity contribution < 1.29 is 23.4 Å². The Morgan fingerprint density at radius 3 is 2.92 bits per heavy atom. The summed E-state index contributed by atoms with van der Waals surface area (Å²) in [5.41, 5.74) is 1.40. The Morgan fingerprint density at radius 1 is 1.38 bits per heavy atom. The van der Waals surface area contributed by atoms with E-state index in [0.717, 1.165) is 5.57 Å². The number of hydrogen-bond donors (Lipinski definition) is 1. The molecule has 0 radical (unpaired) electrons. The molecule has 1 unspecified atom stereocenters. The molecule has 1 aliphatic rings. The Kier molecular flexibility index (Phi) is 5.52. The third-order valence-corrected chi connectivity index (χ3v) is 3.76. The van der Waals surface area contributed by atoms with Crippen LogP contribution in [0.2, 0.25) is 0 Å². The van der Waals surface area contributed by atoms with Gasteiger partial charge in [0.05, 0.1) is 13.7 Å². The lowest BCUT2D eigenvalue weighted by molar-refractivity contribution is -0.0528. The number of methoxy groups -OCH3 is 1. The predicted molar refractivity (Wildman–Crippen MR) is 87.3 cm³/mol. The van der Waals surface area contributed by atoms with Crippen molar-refractivity contribution in [2.24, 2.45) is 10.9 Å². The first kappa shape index (κ1) is 17.9. The van der Waals surface area contributed by atoms with Gasteiger partial charge in [-0.1, -0.05) is 0 Å². The molecule has 26 heavy (non-hydrogen) atoms. The second-order valence-electron chi connectivity index (χ2n) is 5.53. The monoisotopic (exact) mass is 365 g/mol. The van der Waals surface area contributed by atoms with Crippen molar-refractivity contribution in [3.63, 3.8) is 0 Å². The van der Waals surface area contributed by atoms with Crippen LogP contribution in [-0.2, 0) is 17.9 Å². The molecule has 138 valence electrons. The van der Waals surface area contributed by atoms with E-state index >= 15 is 0 Å². The minimum Gasteiger partial charge on any atom is -0.481 e. The standard InChI is InChI=1S/C16H17F2N5O3/c1-25-15-12(11-2-3-19-14(5-11)26-16(17)18)4-10(6-20-15)7-23-9-21-13(8-24)22-23/h2-3,5-6,9-10,16,24H,4,7-8H2,1H3. The Morgan fingerprint density at radius 2 is 2.23 bits per heavy atom. The average molecular weight is 365 g/mol. The van der Waals surface area contributed by atoms with E-state index in [1.807, 2.05) is 0 Å². The highest BCUT2D eigenvalue weighted by Crippen LogP contribution is 2.32. The Hall–Kier alpha value is -2.88. The van der Waals surface area contributed by atoms with Crippen molar-refractivity contribution in [3.05, 3.63) is 41.9 Å². The molecular weight excluding hydrogens is 348 g/mol. The smallest absolute Gasteiger partial charge is 0.388 e. The van der Waals surface area contributed by atoms with Gasteiger partial charge >= 0.3 is 6.61 Å². The van der Waals surface area contributed by atoms with Crippen LogP contribution in [0.15, 0.2) is 35.5 Å². The number of nitrogens with zero attached hydrogens (tertiary/aromatic N) is 5. The number of allylic oxidation sites excluding steroid dienone is 1. The van der Waals surface area contributed by atoms with Gasteiger partial charge in [0.1, 0.15) is 12.9 Å². The summed E-state index contributed by atoms with van der Waals surface area (Å²) in [6.07, 6.45) is 5.24. The van der Waals surface area contributed by atoms with Crippen LogP contribution in [0.4, 0.5) is 8.78 Å². The summed E-state index contributed by atoms with van der Waals surface area (Å²) in [5.74, 6) is 0.569. The molecule has 0 fully saturated rings. The van der Waals surface area contributed by atoms with E-state index in [9.17, 15) is 8.78 Å². The molecule has 0 bridgehead atoms. The number of aromatic nitrogens is 4. The Balaban J connectivity index is 1.80. The van der Waals surface area contributed by atoms with Gasteiger partial charge in [0.25, 0.3) is 0 Å². The van der Waals surface area contributed by atoms with Crippen LogP contribution >= 0.6 is 0 Å². The van der Waals surface area contributed by atoms with Gasteiger partial charge in [-0.3, -0.25) is 4.68 Å². The van der Waals surface area contributed by atoms with Gasteiger partial charge in [-0.15, -0.1) is 0 Å². The maximum Gasteiger partial charge on any atom is 0.388 e. The van der Waals surface area contributed by atoms with Crippen LogP contribution in [0.1, 0.15) is 17.8 Å². The number of aliphatic hydroxyl groups is 1. The summed E-state index contributed by atoms with van der Waals surface area (Å²) in [7, 11) is 1.50. The summed E-state index contributed by atoms with van der Waals surface area (Å²) in [5, 5.41) is 13.2. The molecule has 2 aromatic heterocycles. The van der Waals surface area contributed by atoms with Gasteiger partial charge in [-0.2, -0.15) is 13.9 Å². The normalized spacial score (nSPS) is 17.0. The largest absolute Gasteiger partial charge is 0.481 e. The summed E-state index contributed by atoms with van der Waals surface area (Å²) in [4.78, 5) is 12.1. The molecule has 0 saturated carbocycles. The van der Waals surface area contributed by atoms with E-state index in [0.29, 0.717) is 30.2 Å². The van der Waals surface area contributed by atoms with E-state index < -0.39 is 6.61 Å². The van der Waals surface area contributed by atoms with Crippen molar-refractivity contribution in [3.8, 4) is 5.88 Å². The van der Waals surface area contributed by atoms with E-state index in [-0.39, 0.29) is 18.4 Å². The third-order valence-electron chi connectivity index (χ3n) is 3.76. The summed E-state index contributed by atoms with van der Waals surface area (Å²) >= 11 is 0. The van der Waals surface area contributed by atoms with E-state index in [2.05, 4.69) is 24.8 Å². The quantitative estimate of drug-likeness (QED) is 0.805. The fraction of sp³-hybridized carbons (Fsp3) is 0.375. The van der Waals surface area contributed by atoms with Crippen molar-refractivity contribution in [1.29, 1.82) is 0 Å². The van der Waals surface area contributed by atoms with Gasteiger partial charge in [0, 0.05) is 30.0 Å². The molecular formula is C16H17F2N5O3. The Bertz CT molecular complexity index is 822. The first-order valence-electron chi connectivity index (χ1n) is 7.80. The van der Waals surface area contributed by atoms with E-state index in [1.165, 1.54) is 25.7 Å². The number of aliphatic hydroxyl groups excluding tert-OH is 1. The van der Waals surface area contributed by atoms with Gasteiger partial charge in [-0.25, -0.2) is 15.0 Å². The fourth-order valence-electron chi connectivity index (χ4n) is 2.67. The molecule has 8 nitrogen and oxygen atoms in total. The fourth-order valence-corrected chi connectivity index (χ4v) is 2.67. The van der Waals surface area contributed by atoms with Crippen LogP contribution < -0.4 is 4.74 Å². The van der Waals surface area contributed by atoms with Crippen LogP contribution in [0.5, 0.6) is 5.88 Å². The van der Waals surface area contributed by atoms with Gasteiger partial charge < -0.3 is 14.6 Å². The van der Waals surface area contributed by atoms with Crippen LogP contribution in [0, 0.1) is 5.92 Å². The third kappa shape index (κ3) is 4.20. The predicted octanol–water partition coefficient (Wildman–Crippen LogP) is 1.87. The number of halogens is 2. The summed E-state index contributed by atoms with van der Waals surface area (Å²) < 4.78 is 36.1. The minimum atomic E-state index is -2.95. The van der Waals surface area contributed by atoms with Gasteiger partial charge in [-0.05, 0) is 18.1 Å². The second kappa shape index (κ2) is 8.00. The first-order valence-corrected chi connectivity index (χ1v) is 7.80. The number of rotatable bonds is 7. The lowest BCUT2D eigenvalue weighted by atomic mass is 9.93. The molecule has 10 heteroatoms. The molecule has 3 heterocycles. The van der Waals surface area contributed by atoms with E-state index in [4.69, 9.17) is 9.84 Å². The maximum atomic E-state index is 12.4. The molecule has 0 aromatic carbocycles. The molecule has 3 rings (SSSR count). The zero-order valence-electron chi connectivity index (χ0n) is 13.9. The highest BCUT2D eigenvalue weighted by Gasteiger charge is 2.22. The van der Waals surface area contributed by atoms with Crippen LogP contribution in [0.25, 0.3) is 5.57 Å². The van der Waals surface area contributed by atoms with E-state index in [1.54, 1.807) is 17.0 Å². The number of ether oxygens (including phenoxy) is 2.